The topological polar surface area (TPSA) is 43.6 Å². The predicted octanol–water partition coefficient (Wildman–Crippen LogP) is 0.960. The molecular formula is C7H12N4. The second-order valence-electron chi connectivity index (χ2n) is 3.02. The van der Waals surface area contributed by atoms with Crippen molar-refractivity contribution >= 4 is 0 Å². The molecule has 0 atom stereocenters. The largest absolute Gasteiger partial charge is 0.177 e. The standard InChI is InChI=1S/C7H12N4/c1-2-5-11-9-7(8-10-11)6-3-4-6/h6H,2-5H2,1H3. The highest BCUT2D eigenvalue weighted by Gasteiger charge is 2.28. The molecule has 1 heterocycles. The van der Waals surface area contributed by atoms with Crippen LogP contribution in [-0.4, -0.2) is 20.2 Å². The molecule has 0 saturated heterocycles. The number of aryl methyl sites for hydroxylation is 1. The van der Waals surface area contributed by atoms with Crippen LogP contribution in [0.3, 0.4) is 0 Å². The Bertz CT molecular complexity index is 238. The molecule has 0 aromatic carbocycles. The fourth-order valence-corrected chi connectivity index (χ4v) is 1.06. The van der Waals surface area contributed by atoms with E-state index in [0.29, 0.717) is 5.92 Å². The molecule has 4 nitrogen and oxygen atoms in total. The molecule has 0 spiro atoms. The summed E-state index contributed by atoms with van der Waals surface area (Å²) in [6, 6.07) is 0. The maximum Gasteiger partial charge on any atom is 0.177 e. The Morgan fingerprint density at radius 2 is 2.36 bits per heavy atom. The number of tetrazole rings is 1. The van der Waals surface area contributed by atoms with Gasteiger partial charge in [0.1, 0.15) is 0 Å². The number of nitrogens with zero attached hydrogens (tertiary/aromatic N) is 4. The lowest BCUT2D eigenvalue weighted by molar-refractivity contribution is 0.513. The molecule has 1 aromatic heterocycles. The molecule has 2 rings (SSSR count). The van der Waals surface area contributed by atoms with Crippen molar-refractivity contribution in [3.05, 3.63) is 5.82 Å². The van der Waals surface area contributed by atoms with Gasteiger partial charge in [0.25, 0.3) is 0 Å². The van der Waals surface area contributed by atoms with Gasteiger partial charge in [0.2, 0.25) is 0 Å². The summed E-state index contributed by atoms with van der Waals surface area (Å²) >= 11 is 0. The molecule has 0 amide bonds. The van der Waals surface area contributed by atoms with Crippen LogP contribution in [0.5, 0.6) is 0 Å². The molecule has 0 bridgehead atoms. The second kappa shape index (κ2) is 2.60. The Kier molecular flexibility index (Phi) is 1.60. The molecule has 60 valence electrons. The first-order valence-corrected chi connectivity index (χ1v) is 4.18. The monoisotopic (exact) mass is 152 g/mol. The number of hydrogen-bond acceptors (Lipinski definition) is 3. The van der Waals surface area contributed by atoms with Crippen molar-refractivity contribution in [1.29, 1.82) is 0 Å². The second-order valence-corrected chi connectivity index (χ2v) is 3.02. The molecule has 1 saturated carbocycles. The van der Waals surface area contributed by atoms with E-state index in [-0.39, 0.29) is 0 Å². The summed E-state index contributed by atoms with van der Waals surface area (Å²) in [4.78, 5) is 1.69. The summed E-state index contributed by atoms with van der Waals surface area (Å²) in [5.41, 5.74) is 0. The van der Waals surface area contributed by atoms with Crippen LogP contribution in [0.15, 0.2) is 0 Å². The number of hydrogen-bond donors (Lipinski definition) is 0. The molecule has 0 aliphatic heterocycles. The number of rotatable bonds is 3. The fourth-order valence-electron chi connectivity index (χ4n) is 1.06. The maximum absolute atomic E-state index is 4.26. The van der Waals surface area contributed by atoms with Gasteiger partial charge in [0.05, 0.1) is 6.54 Å². The van der Waals surface area contributed by atoms with Gasteiger partial charge in [-0.1, -0.05) is 6.92 Å². The van der Waals surface area contributed by atoms with Crippen molar-refractivity contribution in [2.45, 2.75) is 38.6 Å². The van der Waals surface area contributed by atoms with Crippen molar-refractivity contribution in [2.24, 2.45) is 0 Å². The zero-order chi connectivity index (χ0) is 7.68. The highest BCUT2D eigenvalue weighted by Crippen LogP contribution is 2.37. The van der Waals surface area contributed by atoms with Crippen molar-refractivity contribution in [2.75, 3.05) is 0 Å². The first-order chi connectivity index (χ1) is 5.40. The summed E-state index contributed by atoms with van der Waals surface area (Å²) in [6.07, 6.45) is 3.57. The lowest BCUT2D eigenvalue weighted by atomic mass is 10.4. The van der Waals surface area contributed by atoms with Gasteiger partial charge in [-0.2, -0.15) is 4.80 Å². The molecule has 0 unspecified atom stereocenters. The average molecular weight is 152 g/mol. The molecule has 1 aliphatic rings. The minimum absolute atomic E-state index is 0.626. The van der Waals surface area contributed by atoms with Gasteiger partial charge in [-0.15, -0.1) is 10.2 Å². The summed E-state index contributed by atoms with van der Waals surface area (Å²) in [5.74, 6) is 1.57. The highest BCUT2D eigenvalue weighted by molar-refractivity contribution is 5.00. The summed E-state index contributed by atoms with van der Waals surface area (Å²) in [6.45, 7) is 3.00. The van der Waals surface area contributed by atoms with E-state index in [0.717, 1.165) is 18.8 Å². The molecular weight excluding hydrogens is 140 g/mol. The Morgan fingerprint density at radius 1 is 1.55 bits per heavy atom. The van der Waals surface area contributed by atoms with Crippen LogP contribution >= 0.6 is 0 Å². The Hall–Kier alpha value is -0.930. The third kappa shape index (κ3) is 1.39. The molecule has 11 heavy (non-hydrogen) atoms. The van der Waals surface area contributed by atoms with Crippen LogP contribution in [0, 0.1) is 0 Å². The lowest BCUT2D eigenvalue weighted by Gasteiger charge is -1.90. The van der Waals surface area contributed by atoms with Crippen molar-refractivity contribution < 1.29 is 0 Å². The van der Waals surface area contributed by atoms with E-state index in [1.807, 2.05) is 0 Å². The van der Waals surface area contributed by atoms with Gasteiger partial charge in [-0.25, -0.2) is 0 Å². The Morgan fingerprint density at radius 3 is 3.00 bits per heavy atom. The zero-order valence-electron chi connectivity index (χ0n) is 6.69. The fraction of sp³-hybridized carbons (Fsp3) is 0.857. The summed E-state index contributed by atoms with van der Waals surface area (Å²) < 4.78 is 0. The summed E-state index contributed by atoms with van der Waals surface area (Å²) in [7, 11) is 0. The molecule has 0 N–H and O–H groups in total. The minimum Gasteiger partial charge on any atom is -0.164 e. The van der Waals surface area contributed by atoms with E-state index in [9.17, 15) is 0 Å². The Balaban J connectivity index is 2.06. The van der Waals surface area contributed by atoms with E-state index in [2.05, 4.69) is 22.3 Å². The van der Waals surface area contributed by atoms with Crippen LogP contribution in [0.4, 0.5) is 0 Å². The van der Waals surface area contributed by atoms with Crippen LogP contribution < -0.4 is 0 Å². The van der Waals surface area contributed by atoms with Crippen molar-refractivity contribution in [3.8, 4) is 0 Å². The van der Waals surface area contributed by atoms with Crippen LogP contribution in [-0.2, 0) is 6.54 Å². The number of aromatic nitrogens is 4. The highest BCUT2D eigenvalue weighted by atomic mass is 15.6. The van der Waals surface area contributed by atoms with Crippen LogP contribution in [0.25, 0.3) is 0 Å². The third-order valence-corrected chi connectivity index (χ3v) is 1.83. The zero-order valence-corrected chi connectivity index (χ0v) is 6.69. The van der Waals surface area contributed by atoms with Crippen LogP contribution in [0.2, 0.25) is 0 Å². The molecule has 1 aliphatic carbocycles. The normalized spacial score (nSPS) is 17.2. The minimum atomic E-state index is 0.626. The van der Waals surface area contributed by atoms with Gasteiger partial charge < -0.3 is 0 Å². The van der Waals surface area contributed by atoms with Crippen molar-refractivity contribution in [3.63, 3.8) is 0 Å². The average Bonchev–Trinajstić information content (AvgIpc) is 2.75. The van der Waals surface area contributed by atoms with Crippen LogP contribution in [0.1, 0.15) is 37.9 Å². The molecule has 0 radical (unpaired) electrons. The van der Waals surface area contributed by atoms with Crippen molar-refractivity contribution in [1.82, 2.24) is 20.2 Å². The molecule has 4 heteroatoms. The maximum atomic E-state index is 4.26. The predicted molar refractivity (Wildman–Crippen MR) is 40.1 cm³/mol. The SMILES string of the molecule is CCCn1nnc(C2CC2)n1. The van der Waals surface area contributed by atoms with Gasteiger partial charge in [-0.3, -0.25) is 0 Å². The van der Waals surface area contributed by atoms with Gasteiger partial charge in [0.15, 0.2) is 5.82 Å². The quantitative estimate of drug-likeness (QED) is 0.648. The lowest BCUT2D eigenvalue weighted by Crippen LogP contribution is -2.01. The molecule has 1 fully saturated rings. The van der Waals surface area contributed by atoms with E-state index in [4.69, 9.17) is 0 Å². The Labute approximate surface area is 65.6 Å². The van der Waals surface area contributed by atoms with Gasteiger partial charge >= 0.3 is 0 Å². The summed E-state index contributed by atoms with van der Waals surface area (Å²) in [5, 5.41) is 12.2. The van der Waals surface area contributed by atoms with E-state index in [1.54, 1.807) is 4.80 Å². The van der Waals surface area contributed by atoms with E-state index >= 15 is 0 Å². The van der Waals surface area contributed by atoms with Gasteiger partial charge in [0, 0.05) is 5.92 Å². The third-order valence-electron chi connectivity index (χ3n) is 1.83. The molecule has 1 aromatic rings. The van der Waals surface area contributed by atoms with E-state index < -0.39 is 0 Å². The first kappa shape index (κ1) is 6.76. The van der Waals surface area contributed by atoms with E-state index in [1.165, 1.54) is 12.8 Å². The first-order valence-electron chi connectivity index (χ1n) is 4.18. The van der Waals surface area contributed by atoms with Gasteiger partial charge in [-0.05, 0) is 24.5 Å². The smallest absolute Gasteiger partial charge is 0.164 e.